The molecule has 0 atom stereocenters. The lowest BCUT2D eigenvalue weighted by Crippen LogP contribution is -2.52. The summed E-state index contributed by atoms with van der Waals surface area (Å²) in [5.41, 5.74) is 3.82. The molecule has 100 valence electrons. The summed E-state index contributed by atoms with van der Waals surface area (Å²) in [7, 11) is 2.09. The topological polar surface area (TPSA) is 48.5 Å². The van der Waals surface area contributed by atoms with Crippen molar-refractivity contribution < 1.29 is 4.79 Å². The largest absolute Gasteiger partial charge is 0.304 e. The standard InChI is InChI=1S/C13H16N4OS/c1-16-6-8-17(9-7-16)15-12(18)13-14-10-4-2-3-5-11(10)19-13/h2-5H,6-9H2,1H3,(H,15,18). The molecule has 6 heteroatoms. The number of benzene rings is 1. The number of fused-ring (bicyclic) bond motifs is 1. The fraction of sp³-hybridized carbons (Fsp3) is 0.385. The first-order valence-electron chi connectivity index (χ1n) is 6.32. The van der Waals surface area contributed by atoms with Crippen LogP contribution in [0.1, 0.15) is 9.80 Å². The zero-order valence-corrected chi connectivity index (χ0v) is 11.6. The molecular formula is C13H16N4OS. The van der Waals surface area contributed by atoms with Crippen LogP contribution in [0.4, 0.5) is 0 Å². The lowest BCUT2D eigenvalue weighted by atomic mass is 10.3. The van der Waals surface area contributed by atoms with Crippen molar-refractivity contribution in [3.05, 3.63) is 29.3 Å². The Labute approximate surface area is 115 Å². The smallest absolute Gasteiger partial charge is 0.294 e. The van der Waals surface area contributed by atoms with Crippen LogP contribution in [-0.4, -0.2) is 54.0 Å². The summed E-state index contributed by atoms with van der Waals surface area (Å²) in [5.74, 6) is -0.106. The summed E-state index contributed by atoms with van der Waals surface area (Å²) in [6, 6.07) is 7.81. The van der Waals surface area contributed by atoms with Gasteiger partial charge in [-0.3, -0.25) is 10.2 Å². The molecule has 0 saturated carbocycles. The average Bonchev–Trinajstić information content (AvgIpc) is 2.85. The second-order valence-electron chi connectivity index (χ2n) is 4.72. The molecule has 0 aliphatic carbocycles. The number of carbonyl (C=O) groups excluding carboxylic acids is 1. The molecule has 2 heterocycles. The van der Waals surface area contributed by atoms with Gasteiger partial charge in [-0.2, -0.15) is 0 Å². The van der Waals surface area contributed by atoms with E-state index in [1.165, 1.54) is 11.3 Å². The Bertz CT molecular complexity index is 556. The number of likely N-dealkylation sites (N-methyl/N-ethyl adjacent to an activating group) is 1. The van der Waals surface area contributed by atoms with E-state index in [9.17, 15) is 4.79 Å². The van der Waals surface area contributed by atoms with E-state index in [0.29, 0.717) is 5.01 Å². The molecule has 2 aromatic rings. The number of aromatic nitrogens is 1. The minimum atomic E-state index is -0.106. The number of hydrogen-bond donors (Lipinski definition) is 1. The number of hydrogen-bond acceptors (Lipinski definition) is 5. The summed E-state index contributed by atoms with van der Waals surface area (Å²) in [6.45, 7) is 3.65. The van der Waals surface area contributed by atoms with Crippen LogP contribution in [0.15, 0.2) is 24.3 Å². The molecule has 0 spiro atoms. The lowest BCUT2D eigenvalue weighted by molar-refractivity contribution is 0.0662. The minimum absolute atomic E-state index is 0.106. The van der Waals surface area contributed by atoms with Gasteiger partial charge in [0.05, 0.1) is 10.2 Å². The minimum Gasteiger partial charge on any atom is -0.304 e. The van der Waals surface area contributed by atoms with E-state index in [1.54, 1.807) is 0 Å². The summed E-state index contributed by atoms with van der Waals surface area (Å²) in [5, 5.41) is 2.49. The Hall–Kier alpha value is -1.50. The zero-order valence-electron chi connectivity index (χ0n) is 10.8. The Kier molecular flexibility index (Phi) is 3.46. The predicted molar refractivity (Wildman–Crippen MR) is 76.2 cm³/mol. The van der Waals surface area contributed by atoms with Crippen molar-refractivity contribution in [3.63, 3.8) is 0 Å². The summed E-state index contributed by atoms with van der Waals surface area (Å²) >= 11 is 1.43. The van der Waals surface area contributed by atoms with Gasteiger partial charge in [-0.05, 0) is 19.2 Å². The Balaban J connectivity index is 1.70. The van der Waals surface area contributed by atoms with E-state index in [4.69, 9.17) is 0 Å². The Morgan fingerprint density at radius 1 is 1.26 bits per heavy atom. The number of rotatable bonds is 2. The van der Waals surface area contributed by atoms with Crippen molar-refractivity contribution in [3.8, 4) is 0 Å². The van der Waals surface area contributed by atoms with Gasteiger partial charge >= 0.3 is 0 Å². The van der Waals surface area contributed by atoms with Crippen molar-refractivity contribution in [2.24, 2.45) is 0 Å². The van der Waals surface area contributed by atoms with Gasteiger partial charge in [0.2, 0.25) is 0 Å². The number of carbonyl (C=O) groups is 1. The van der Waals surface area contributed by atoms with E-state index < -0.39 is 0 Å². The average molecular weight is 276 g/mol. The maximum absolute atomic E-state index is 12.1. The highest BCUT2D eigenvalue weighted by Crippen LogP contribution is 2.21. The Morgan fingerprint density at radius 2 is 2.00 bits per heavy atom. The molecule has 1 aromatic carbocycles. The van der Waals surface area contributed by atoms with E-state index in [0.717, 1.165) is 36.4 Å². The van der Waals surface area contributed by atoms with Gasteiger partial charge in [-0.15, -0.1) is 11.3 Å². The van der Waals surface area contributed by atoms with E-state index in [2.05, 4.69) is 22.4 Å². The molecule has 0 unspecified atom stereocenters. The number of nitrogens with zero attached hydrogens (tertiary/aromatic N) is 3. The highest BCUT2D eigenvalue weighted by Gasteiger charge is 2.18. The molecule has 1 aromatic heterocycles. The van der Waals surface area contributed by atoms with Crippen molar-refractivity contribution in [1.29, 1.82) is 0 Å². The SMILES string of the molecule is CN1CCN(NC(=O)c2nc3ccccc3s2)CC1. The van der Waals surface area contributed by atoms with Crippen molar-refractivity contribution >= 4 is 27.5 Å². The van der Waals surface area contributed by atoms with Crippen molar-refractivity contribution in [1.82, 2.24) is 20.3 Å². The number of thiazole rings is 1. The first-order chi connectivity index (χ1) is 9.22. The first-order valence-corrected chi connectivity index (χ1v) is 7.14. The quantitative estimate of drug-likeness (QED) is 0.895. The third-order valence-electron chi connectivity index (χ3n) is 3.25. The summed E-state index contributed by atoms with van der Waals surface area (Å²) in [6.07, 6.45) is 0. The van der Waals surface area contributed by atoms with Crippen LogP contribution in [0.25, 0.3) is 10.2 Å². The lowest BCUT2D eigenvalue weighted by Gasteiger charge is -2.32. The van der Waals surface area contributed by atoms with Gasteiger partial charge < -0.3 is 4.90 Å². The number of para-hydroxylation sites is 1. The molecule has 1 N–H and O–H groups in total. The van der Waals surface area contributed by atoms with Crippen LogP contribution in [0, 0.1) is 0 Å². The van der Waals surface area contributed by atoms with Crippen LogP contribution >= 0.6 is 11.3 Å². The van der Waals surface area contributed by atoms with Gasteiger partial charge in [0.25, 0.3) is 5.91 Å². The maximum atomic E-state index is 12.1. The molecule has 0 radical (unpaired) electrons. The van der Waals surface area contributed by atoms with Gasteiger partial charge in [-0.25, -0.2) is 9.99 Å². The monoisotopic (exact) mass is 276 g/mol. The van der Waals surface area contributed by atoms with Crippen LogP contribution < -0.4 is 5.43 Å². The molecule has 5 nitrogen and oxygen atoms in total. The second kappa shape index (κ2) is 5.24. The Morgan fingerprint density at radius 3 is 2.74 bits per heavy atom. The van der Waals surface area contributed by atoms with E-state index >= 15 is 0 Å². The molecular weight excluding hydrogens is 260 g/mol. The van der Waals surface area contributed by atoms with Crippen molar-refractivity contribution in [2.45, 2.75) is 0 Å². The number of amides is 1. The highest BCUT2D eigenvalue weighted by molar-refractivity contribution is 7.20. The summed E-state index contributed by atoms with van der Waals surface area (Å²) < 4.78 is 1.05. The number of nitrogens with one attached hydrogen (secondary N) is 1. The molecule has 1 amide bonds. The highest BCUT2D eigenvalue weighted by atomic mass is 32.1. The molecule has 1 aliphatic rings. The second-order valence-corrected chi connectivity index (χ2v) is 5.75. The zero-order chi connectivity index (χ0) is 13.2. The van der Waals surface area contributed by atoms with Crippen LogP contribution in [0.3, 0.4) is 0 Å². The normalized spacial score (nSPS) is 17.7. The van der Waals surface area contributed by atoms with Gasteiger partial charge in [0, 0.05) is 26.2 Å². The fourth-order valence-electron chi connectivity index (χ4n) is 2.08. The molecule has 1 aliphatic heterocycles. The van der Waals surface area contributed by atoms with Crippen LogP contribution in [-0.2, 0) is 0 Å². The number of hydrazine groups is 1. The van der Waals surface area contributed by atoms with E-state index in [1.807, 2.05) is 29.3 Å². The molecule has 19 heavy (non-hydrogen) atoms. The van der Waals surface area contributed by atoms with E-state index in [-0.39, 0.29) is 5.91 Å². The third kappa shape index (κ3) is 2.75. The first kappa shape index (κ1) is 12.5. The molecule has 1 fully saturated rings. The molecule has 3 rings (SSSR count). The molecule has 1 saturated heterocycles. The van der Waals surface area contributed by atoms with Gasteiger partial charge in [0.1, 0.15) is 0 Å². The number of piperazine rings is 1. The predicted octanol–water partition coefficient (Wildman–Crippen LogP) is 1.19. The van der Waals surface area contributed by atoms with Gasteiger partial charge in [0.15, 0.2) is 5.01 Å². The van der Waals surface area contributed by atoms with Crippen LogP contribution in [0.5, 0.6) is 0 Å². The van der Waals surface area contributed by atoms with Crippen molar-refractivity contribution in [2.75, 3.05) is 33.2 Å². The third-order valence-corrected chi connectivity index (χ3v) is 4.29. The maximum Gasteiger partial charge on any atom is 0.294 e. The van der Waals surface area contributed by atoms with Crippen LogP contribution in [0.2, 0.25) is 0 Å². The fourth-order valence-corrected chi connectivity index (χ4v) is 2.93. The van der Waals surface area contributed by atoms with Gasteiger partial charge in [-0.1, -0.05) is 12.1 Å². The summed E-state index contributed by atoms with van der Waals surface area (Å²) in [4.78, 5) is 18.8. The molecule has 0 bridgehead atoms.